The van der Waals surface area contributed by atoms with Crippen LogP contribution >= 0.6 is 11.6 Å². The van der Waals surface area contributed by atoms with Gasteiger partial charge in [-0.3, -0.25) is 4.79 Å². The molecule has 0 radical (unpaired) electrons. The smallest absolute Gasteiger partial charge is 0.251 e. The molecule has 0 saturated carbocycles. The monoisotopic (exact) mass is 362 g/mol. The fraction of sp³-hybridized carbons (Fsp3) is 0.316. The first-order valence-electron chi connectivity index (χ1n) is 8.18. The highest BCUT2D eigenvalue weighted by molar-refractivity contribution is 6.32. The van der Waals surface area contributed by atoms with Crippen LogP contribution in [0.5, 0.6) is 11.5 Å². The molecule has 0 atom stereocenters. The van der Waals surface area contributed by atoms with Crippen LogP contribution < -0.4 is 20.5 Å². The number of benzene rings is 2. The molecule has 0 heterocycles. The normalized spacial score (nSPS) is 10.4. The molecule has 2 aromatic carbocycles. The van der Waals surface area contributed by atoms with E-state index >= 15 is 0 Å². The Morgan fingerprint density at radius 3 is 2.60 bits per heavy atom. The van der Waals surface area contributed by atoms with Gasteiger partial charge in [-0.15, -0.1) is 0 Å². The molecule has 1 amide bonds. The fourth-order valence-electron chi connectivity index (χ4n) is 2.30. The van der Waals surface area contributed by atoms with Gasteiger partial charge in [-0.1, -0.05) is 30.7 Å². The number of carbonyl (C=O) groups is 1. The Morgan fingerprint density at radius 2 is 1.96 bits per heavy atom. The zero-order chi connectivity index (χ0) is 18.2. The van der Waals surface area contributed by atoms with Crippen LogP contribution in [-0.2, 0) is 6.42 Å². The molecule has 2 rings (SSSR count). The molecule has 0 aliphatic rings. The van der Waals surface area contributed by atoms with Gasteiger partial charge in [0.1, 0.15) is 0 Å². The minimum Gasteiger partial charge on any atom is -0.493 e. The van der Waals surface area contributed by atoms with Crippen molar-refractivity contribution in [2.45, 2.75) is 19.8 Å². The van der Waals surface area contributed by atoms with E-state index in [0.29, 0.717) is 41.7 Å². The fourth-order valence-corrected chi connectivity index (χ4v) is 2.57. The van der Waals surface area contributed by atoms with Crippen LogP contribution in [0.3, 0.4) is 0 Å². The van der Waals surface area contributed by atoms with Gasteiger partial charge < -0.3 is 20.5 Å². The number of nitrogen functional groups attached to an aromatic ring is 1. The lowest BCUT2D eigenvalue weighted by Crippen LogP contribution is -2.25. The highest BCUT2D eigenvalue weighted by Gasteiger charge is 2.15. The summed E-state index contributed by atoms with van der Waals surface area (Å²) in [6.45, 7) is 3.04. The van der Waals surface area contributed by atoms with Gasteiger partial charge in [0.25, 0.3) is 5.91 Å². The summed E-state index contributed by atoms with van der Waals surface area (Å²) in [6, 6.07) is 10.8. The molecule has 0 aliphatic carbocycles. The summed E-state index contributed by atoms with van der Waals surface area (Å²) in [4.78, 5) is 12.3. The Labute approximate surface area is 153 Å². The van der Waals surface area contributed by atoms with E-state index in [0.717, 1.165) is 17.7 Å². The number of hydrogen-bond acceptors (Lipinski definition) is 4. The van der Waals surface area contributed by atoms with Gasteiger partial charge in [0, 0.05) is 17.8 Å². The number of methoxy groups -OCH3 is 1. The minimum absolute atomic E-state index is 0.210. The SMILES string of the molecule is CCCOc1c(Cl)cc(C(=O)NCCc2ccc(N)cc2)cc1OC. The Bertz CT molecular complexity index is 717. The predicted octanol–water partition coefficient (Wildman–Crippen LogP) is 3.69. The van der Waals surface area contributed by atoms with Gasteiger partial charge in [-0.2, -0.15) is 0 Å². The van der Waals surface area contributed by atoms with Gasteiger partial charge in [-0.05, 0) is 42.7 Å². The molecule has 0 saturated heterocycles. The van der Waals surface area contributed by atoms with Crippen LogP contribution in [0.25, 0.3) is 0 Å². The average molecular weight is 363 g/mol. The van der Waals surface area contributed by atoms with Crippen LogP contribution in [0.15, 0.2) is 36.4 Å². The number of nitrogens with one attached hydrogen (secondary N) is 1. The topological polar surface area (TPSA) is 73.6 Å². The lowest BCUT2D eigenvalue weighted by molar-refractivity contribution is 0.0953. The number of ether oxygens (including phenoxy) is 2. The summed E-state index contributed by atoms with van der Waals surface area (Å²) >= 11 is 6.24. The minimum atomic E-state index is -0.210. The second-order valence-electron chi connectivity index (χ2n) is 5.59. The summed E-state index contributed by atoms with van der Waals surface area (Å²) < 4.78 is 10.9. The molecule has 2 aromatic rings. The van der Waals surface area contributed by atoms with Crippen molar-refractivity contribution in [1.29, 1.82) is 0 Å². The number of nitrogens with two attached hydrogens (primary N) is 1. The maximum Gasteiger partial charge on any atom is 0.251 e. The zero-order valence-electron chi connectivity index (χ0n) is 14.5. The van der Waals surface area contributed by atoms with Crippen LogP contribution in [0, 0.1) is 0 Å². The van der Waals surface area contributed by atoms with Crippen molar-refractivity contribution >= 4 is 23.2 Å². The van der Waals surface area contributed by atoms with E-state index in [1.165, 1.54) is 7.11 Å². The van der Waals surface area contributed by atoms with Gasteiger partial charge >= 0.3 is 0 Å². The first-order chi connectivity index (χ1) is 12.0. The van der Waals surface area contributed by atoms with Crippen LogP contribution in [0.4, 0.5) is 5.69 Å². The van der Waals surface area contributed by atoms with Crippen molar-refractivity contribution in [3.05, 3.63) is 52.5 Å². The molecule has 3 N–H and O–H groups in total. The van der Waals surface area contributed by atoms with Gasteiger partial charge in [0.15, 0.2) is 11.5 Å². The van der Waals surface area contributed by atoms with Crippen molar-refractivity contribution in [2.75, 3.05) is 26.0 Å². The van der Waals surface area contributed by atoms with E-state index in [1.807, 2.05) is 31.2 Å². The summed E-state index contributed by atoms with van der Waals surface area (Å²) in [5.41, 5.74) is 7.92. The second kappa shape index (κ2) is 9.18. The maximum atomic E-state index is 12.3. The van der Waals surface area contributed by atoms with E-state index in [2.05, 4.69) is 5.32 Å². The Morgan fingerprint density at radius 1 is 1.24 bits per heavy atom. The van der Waals surface area contributed by atoms with Gasteiger partial charge in [-0.25, -0.2) is 0 Å². The quantitative estimate of drug-likeness (QED) is 0.702. The van der Waals surface area contributed by atoms with Crippen LogP contribution in [-0.4, -0.2) is 26.2 Å². The number of rotatable bonds is 8. The molecule has 5 nitrogen and oxygen atoms in total. The van der Waals surface area contributed by atoms with E-state index in [4.69, 9.17) is 26.8 Å². The molecule has 0 unspecified atom stereocenters. The molecule has 0 bridgehead atoms. The lowest BCUT2D eigenvalue weighted by atomic mass is 10.1. The molecule has 6 heteroatoms. The van der Waals surface area contributed by atoms with Crippen molar-refractivity contribution < 1.29 is 14.3 Å². The van der Waals surface area contributed by atoms with Gasteiger partial charge in [0.2, 0.25) is 0 Å². The standard InChI is InChI=1S/C19H23ClN2O3/c1-3-10-25-18-16(20)11-14(12-17(18)24-2)19(23)22-9-8-13-4-6-15(21)7-5-13/h4-7,11-12H,3,8-10,21H2,1-2H3,(H,22,23). The van der Waals surface area contributed by atoms with Crippen LogP contribution in [0.1, 0.15) is 29.3 Å². The van der Waals surface area contributed by atoms with E-state index < -0.39 is 0 Å². The van der Waals surface area contributed by atoms with Crippen molar-refractivity contribution in [3.8, 4) is 11.5 Å². The third-order valence-corrected chi connectivity index (χ3v) is 3.90. The number of amides is 1. The van der Waals surface area contributed by atoms with Crippen molar-refractivity contribution in [3.63, 3.8) is 0 Å². The molecular formula is C19H23ClN2O3. The van der Waals surface area contributed by atoms with E-state index in [-0.39, 0.29) is 5.91 Å². The first-order valence-corrected chi connectivity index (χ1v) is 8.56. The van der Waals surface area contributed by atoms with Gasteiger partial charge in [0.05, 0.1) is 18.7 Å². The molecule has 0 fully saturated rings. The Kier molecular flexibility index (Phi) is 6.95. The Balaban J connectivity index is 2.00. The highest BCUT2D eigenvalue weighted by Crippen LogP contribution is 2.36. The summed E-state index contributed by atoms with van der Waals surface area (Å²) in [5, 5.41) is 3.24. The number of anilines is 1. The molecular weight excluding hydrogens is 340 g/mol. The largest absolute Gasteiger partial charge is 0.493 e. The maximum absolute atomic E-state index is 12.3. The third kappa shape index (κ3) is 5.29. The summed E-state index contributed by atoms with van der Waals surface area (Å²) in [5.74, 6) is 0.701. The first kappa shape index (κ1) is 18.9. The zero-order valence-corrected chi connectivity index (χ0v) is 15.2. The third-order valence-electron chi connectivity index (χ3n) is 3.62. The molecule has 0 aromatic heterocycles. The lowest BCUT2D eigenvalue weighted by Gasteiger charge is -2.14. The molecule has 25 heavy (non-hydrogen) atoms. The van der Waals surface area contributed by atoms with Crippen LogP contribution in [0.2, 0.25) is 5.02 Å². The number of halogens is 1. The summed E-state index contributed by atoms with van der Waals surface area (Å²) in [7, 11) is 1.52. The van der Waals surface area contributed by atoms with Crippen molar-refractivity contribution in [1.82, 2.24) is 5.32 Å². The Hall–Kier alpha value is -2.40. The predicted molar refractivity (Wildman–Crippen MR) is 101 cm³/mol. The second-order valence-corrected chi connectivity index (χ2v) is 5.99. The molecule has 0 spiro atoms. The van der Waals surface area contributed by atoms with E-state index in [9.17, 15) is 4.79 Å². The molecule has 0 aliphatic heterocycles. The van der Waals surface area contributed by atoms with E-state index in [1.54, 1.807) is 12.1 Å². The summed E-state index contributed by atoms with van der Waals surface area (Å²) in [6.07, 6.45) is 1.57. The number of hydrogen-bond donors (Lipinski definition) is 2. The highest BCUT2D eigenvalue weighted by atomic mass is 35.5. The number of carbonyl (C=O) groups excluding carboxylic acids is 1. The van der Waals surface area contributed by atoms with Crippen molar-refractivity contribution in [2.24, 2.45) is 0 Å². The average Bonchev–Trinajstić information content (AvgIpc) is 2.61. The molecule has 134 valence electrons.